The first kappa shape index (κ1) is 20.8. The molecule has 1 aliphatic heterocycles. The topological polar surface area (TPSA) is 83.4 Å². The predicted octanol–water partition coefficient (Wildman–Crippen LogP) is 3.52. The van der Waals surface area contributed by atoms with Gasteiger partial charge in [0.15, 0.2) is 0 Å². The minimum absolute atomic E-state index is 0.0200. The highest BCUT2D eigenvalue weighted by Crippen LogP contribution is 2.32. The lowest BCUT2D eigenvalue weighted by atomic mass is 9.86. The van der Waals surface area contributed by atoms with Gasteiger partial charge in [-0.25, -0.2) is 4.39 Å². The lowest BCUT2D eigenvalue weighted by molar-refractivity contribution is -0.121. The number of fused-ring (bicyclic) bond motifs is 1. The summed E-state index contributed by atoms with van der Waals surface area (Å²) in [5.41, 5.74) is 4.63. The molecule has 1 aromatic heterocycles. The van der Waals surface area contributed by atoms with E-state index in [9.17, 15) is 19.1 Å². The maximum Gasteiger partial charge on any atom is 0.253 e. The van der Waals surface area contributed by atoms with E-state index in [0.29, 0.717) is 23.4 Å². The number of rotatable bonds is 5. The van der Waals surface area contributed by atoms with E-state index < -0.39 is 5.92 Å². The van der Waals surface area contributed by atoms with Gasteiger partial charge in [0.25, 0.3) is 5.91 Å². The van der Waals surface area contributed by atoms with Crippen LogP contribution in [0.3, 0.4) is 0 Å². The Kier molecular flexibility index (Phi) is 5.61. The fourth-order valence-electron chi connectivity index (χ4n) is 4.12. The molecule has 6 nitrogen and oxygen atoms in total. The first-order valence-corrected chi connectivity index (χ1v) is 10.1. The van der Waals surface area contributed by atoms with Crippen molar-refractivity contribution in [2.24, 2.45) is 0 Å². The number of amides is 2. The van der Waals surface area contributed by atoms with E-state index in [2.05, 4.69) is 10.6 Å². The van der Waals surface area contributed by atoms with Crippen LogP contribution in [0.1, 0.15) is 29.2 Å². The molecule has 160 valence electrons. The third kappa shape index (κ3) is 4.09. The molecule has 2 heterocycles. The number of anilines is 1. The Labute approximate surface area is 179 Å². The third-order valence-electron chi connectivity index (χ3n) is 5.71. The number of nitrogens with zero attached hydrogens (tertiary/aromatic N) is 1. The lowest BCUT2D eigenvalue weighted by Crippen LogP contribution is -2.32. The van der Waals surface area contributed by atoms with Gasteiger partial charge >= 0.3 is 0 Å². The maximum atomic E-state index is 13.3. The number of nitrogens with one attached hydrogen (secondary N) is 2. The van der Waals surface area contributed by atoms with Gasteiger partial charge in [0.1, 0.15) is 5.82 Å². The second-order valence-electron chi connectivity index (χ2n) is 7.82. The van der Waals surface area contributed by atoms with E-state index in [0.717, 1.165) is 22.2 Å². The normalized spacial score (nSPS) is 16.2. The van der Waals surface area contributed by atoms with Gasteiger partial charge in [0.2, 0.25) is 5.91 Å². The Morgan fingerprint density at radius 1 is 1.23 bits per heavy atom. The summed E-state index contributed by atoms with van der Waals surface area (Å²) in [6, 6.07) is 11.8. The number of aliphatic hydroxyl groups excluding tert-OH is 1. The van der Waals surface area contributed by atoms with Crippen molar-refractivity contribution in [1.29, 1.82) is 0 Å². The molecule has 1 aliphatic rings. The SMILES string of the molecule is Cc1cc2cc(C)n(CCO)c2cc1NC(=O)C1=CNC(=O)CC1c1ccc(F)cc1. The van der Waals surface area contributed by atoms with E-state index in [4.69, 9.17) is 0 Å². The van der Waals surface area contributed by atoms with Crippen LogP contribution in [0.25, 0.3) is 10.9 Å². The van der Waals surface area contributed by atoms with Crippen LogP contribution in [0.5, 0.6) is 0 Å². The van der Waals surface area contributed by atoms with Gasteiger partial charge in [-0.05, 0) is 55.3 Å². The zero-order valence-corrected chi connectivity index (χ0v) is 17.4. The van der Waals surface area contributed by atoms with Crippen molar-refractivity contribution in [3.63, 3.8) is 0 Å². The average Bonchev–Trinajstić information content (AvgIpc) is 3.03. The van der Waals surface area contributed by atoms with Crippen molar-refractivity contribution < 1.29 is 19.1 Å². The molecular formula is C24H24FN3O3. The monoisotopic (exact) mass is 421 g/mol. The summed E-state index contributed by atoms with van der Waals surface area (Å²) in [7, 11) is 0. The molecule has 3 N–H and O–H groups in total. The molecule has 0 saturated carbocycles. The summed E-state index contributed by atoms with van der Waals surface area (Å²) in [5.74, 6) is -1.35. The molecule has 1 unspecified atom stereocenters. The van der Waals surface area contributed by atoms with E-state index in [1.54, 1.807) is 12.1 Å². The van der Waals surface area contributed by atoms with Crippen LogP contribution >= 0.6 is 0 Å². The second kappa shape index (κ2) is 8.35. The molecule has 7 heteroatoms. The van der Waals surface area contributed by atoms with Crippen molar-refractivity contribution in [2.75, 3.05) is 11.9 Å². The third-order valence-corrected chi connectivity index (χ3v) is 5.71. The highest BCUT2D eigenvalue weighted by atomic mass is 19.1. The highest BCUT2D eigenvalue weighted by Gasteiger charge is 2.29. The van der Waals surface area contributed by atoms with Crippen molar-refractivity contribution in [2.45, 2.75) is 32.7 Å². The van der Waals surface area contributed by atoms with Gasteiger partial charge in [-0.15, -0.1) is 0 Å². The minimum atomic E-state index is -0.459. The van der Waals surface area contributed by atoms with E-state index >= 15 is 0 Å². The van der Waals surface area contributed by atoms with Crippen molar-refractivity contribution >= 4 is 28.4 Å². The summed E-state index contributed by atoms with van der Waals surface area (Å²) in [5, 5.41) is 16.0. The molecule has 0 spiro atoms. The maximum absolute atomic E-state index is 13.3. The molecule has 0 bridgehead atoms. The van der Waals surface area contributed by atoms with Crippen LogP contribution in [0, 0.1) is 19.7 Å². The zero-order valence-electron chi connectivity index (χ0n) is 17.4. The first-order chi connectivity index (χ1) is 14.9. The quantitative estimate of drug-likeness (QED) is 0.590. The van der Waals surface area contributed by atoms with E-state index in [1.165, 1.54) is 18.3 Å². The average molecular weight is 421 g/mol. The van der Waals surface area contributed by atoms with Gasteiger partial charge in [0, 0.05) is 47.4 Å². The Morgan fingerprint density at radius 2 is 1.97 bits per heavy atom. The number of halogens is 1. The smallest absolute Gasteiger partial charge is 0.253 e. The first-order valence-electron chi connectivity index (χ1n) is 10.1. The van der Waals surface area contributed by atoms with Crippen LogP contribution in [-0.4, -0.2) is 28.1 Å². The van der Waals surface area contributed by atoms with Gasteiger partial charge in [-0.3, -0.25) is 9.59 Å². The number of benzene rings is 2. The molecule has 0 saturated heterocycles. The molecule has 0 radical (unpaired) electrons. The zero-order chi connectivity index (χ0) is 22.1. The molecule has 4 rings (SSSR count). The molecule has 2 aromatic carbocycles. The number of hydrogen-bond donors (Lipinski definition) is 3. The van der Waals surface area contributed by atoms with Crippen LogP contribution in [0.2, 0.25) is 0 Å². The standard InChI is InChI=1S/C24H24FN3O3/c1-14-9-17-10-15(2)28(7-8-29)22(17)12-21(14)27-24(31)20-13-26-23(30)11-19(20)16-3-5-18(25)6-4-16/h3-6,9-10,12-13,19,29H,7-8,11H2,1-2H3,(H,26,30)(H,27,31). The number of hydrogen-bond acceptors (Lipinski definition) is 3. The van der Waals surface area contributed by atoms with Crippen LogP contribution < -0.4 is 10.6 Å². The number of aryl methyl sites for hydroxylation is 2. The molecule has 31 heavy (non-hydrogen) atoms. The van der Waals surface area contributed by atoms with Crippen molar-refractivity contribution in [3.05, 3.63) is 76.9 Å². The molecular weight excluding hydrogens is 397 g/mol. The second-order valence-corrected chi connectivity index (χ2v) is 7.82. The molecule has 0 fully saturated rings. The summed E-state index contributed by atoms with van der Waals surface area (Å²) < 4.78 is 15.4. The summed E-state index contributed by atoms with van der Waals surface area (Å²) >= 11 is 0. The Bertz CT molecular complexity index is 1190. The van der Waals surface area contributed by atoms with Gasteiger partial charge in [0.05, 0.1) is 12.1 Å². The Hall–Kier alpha value is -3.45. The van der Waals surface area contributed by atoms with Crippen molar-refractivity contribution in [3.8, 4) is 0 Å². The molecule has 0 aliphatic carbocycles. The van der Waals surface area contributed by atoms with Crippen LogP contribution in [-0.2, 0) is 16.1 Å². The van der Waals surface area contributed by atoms with Crippen LogP contribution in [0.4, 0.5) is 10.1 Å². The summed E-state index contributed by atoms with van der Waals surface area (Å²) in [6.45, 7) is 4.38. The predicted molar refractivity (Wildman–Crippen MR) is 117 cm³/mol. The molecule has 1 atom stereocenters. The fraction of sp³-hybridized carbons (Fsp3) is 0.250. The minimum Gasteiger partial charge on any atom is -0.395 e. The number of carbonyl (C=O) groups excluding carboxylic acids is 2. The van der Waals surface area contributed by atoms with Gasteiger partial charge in [-0.2, -0.15) is 0 Å². The fourth-order valence-corrected chi connectivity index (χ4v) is 4.12. The molecule has 2 amide bonds. The van der Waals surface area contributed by atoms with Gasteiger partial charge in [-0.1, -0.05) is 12.1 Å². The van der Waals surface area contributed by atoms with E-state index in [-0.39, 0.29) is 30.7 Å². The number of aliphatic hydroxyl groups is 1. The number of aromatic nitrogens is 1. The van der Waals surface area contributed by atoms with Crippen LogP contribution in [0.15, 0.2) is 54.2 Å². The summed E-state index contributed by atoms with van der Waals surface area (Å²) in [4.78, 5) is 25.1. The summed E-state index contributed by atoms with van der Waals surface area (Å²) in [6.07, 6.45) is 1.54. The number of carbonyl (C=O) groups is 2. The lowest BCUT2D eigenvalue weighted by Gasteiger charge is -2.24. The van der Waals surface area contributed by atoms with Crippen molar-refractivity contribution in [1.82, 2.24) is 9.88 Å². The van der Waals surface area contributed by atoms with Gasteiger partial charge < -0.3 is 20.3 Å². The van der Waals surface area contributed by atoms with E-state index in [1.807, 2.05) is 36.6 Å². The Balaban J connectivity index is 1.66. The molecule has 3 aromatic rings. The Morgan fingerprint density at radius 3 is 2.68 bits per heavy atom. The largest absolute Gasteiger partial charge is 0.395 e. The highest BCUT2D eigenvalue weighted by molar-refractivity contribution is 6.07.